The number of carbonyl (C=O) groups excluding carboxylic acids is 1. The molecule has 0 radical (unpaired) electrons. The van der Waals surface area contributed by atoms with E-state index in [4.69, 9.17) is 4.74 Å². The highest BCUT2D eigenvalue weighted by molar-refractivity contribution is 5.94. The van der Waals surface area contributed by atoms with Crippen molar-refractivity contribution in [3.63, 3.8) is 0 Å². The molecule has 1 saturated heterocycles. The number of aryl methyl sites for hydroxylation is 3. The highest BCUT2D eigenvalue weighted by atomic mass is 16.5. The molecule has 152 valence electrons. The molecule has 0 unspecified atom stereocenters. The van der Waals surface area contributed by atoms with E-state index in [0.717, 1.165) is 17.9 Å². The van der Waals surface area contributed by atoms with E-state index in [1.54, 1.807) is 22.0 Å². The van der Waals surface area contributed by atoms with Crippen LogP contribution in [0.3, 0.4) is 0 Å². The van der Waals surface area contributed by atoms with Crippen molar-refractivity contribution in [3.05, 3.63) is 65.0 Å². The van der Waals surface area contributed by atoms with Crippen molar-refractivity contribution in [1.82, 2.24) is 29.9 Å². The first-order valence-corrected chi connectivity index (χ1v) is 9.93. The fourth-order valence-electron chi connectivity index (χ4n) is 3.73. The van der Waals surface area contributed by atoms with Crippen LogP contribution in [0.15, 0.2) is 36.7 Å². The predicted molar refractivity (Wildman–Crippen MR) is 107 cm³/mol. The van der Waals surface area contributed by atoms with Gasteiger partial charge in [-0.2, -0.15) is 10.2 Å². The molecule has 4 rings (SSSR count). The van der Waals surface area contributed by atoms with Gasteiger partial charge in [-0.1, -0.05) is 29.8 Å². The molecule has 2 atom stereocenters. The third-order valence-corrected chi connectivity index (χ3v) is 5.21. The molecule has 0 spiro atoms. The molecule has 3 aromatic rings. The van der Waals surface area contributed by atoms with E-state index >= 15 is 0 Å². The predicted octanol–water partition coefficient (Wildman–Crippen LogP) is 2.81. The van der Waals surface area contributed by atoms with E-state index in [9.17, 15) is 4.79 Å². The number of nitrogens with zero attached hydrogens (tertiary/aromatic N) is 5. The molecule has 8 nitrogen and oxygen atoms in total. The number of ether oxygens (including phenoxy) is 1. The van der Waals surface area contributed by atoms with E-state index in [-0.39, 0.29) is 18.1 Å². The van der Waals surface area contributed by atoms with Crippen LogP contribution in [-0.2, 0) is 17.9 Å². The largest absolute Gasteiger partial charge is 0.372 e. The Morgan fingerprint density at radius 3 is 2.90 bits per heavy atom. The maximum absolute atomic E-state index is 13.2. The Bertz CT molecular complexity index is 994. The highest BCUT2D eigenvalue weighted by Gasteiger charge is 2.39. The SMILES string of the molecule is CCn1cc(C(=O)N2C[C@@H](OCc3cccc(C)c3)C[C@H]2c2n[nH]c(C)n2)cn1. The molecule has 1 amide bonds. The minimum absolute atomic E-state index is 0.0705. The quantitative estimate of drug-likeness (QED) is 0.694. The van der Waals surface area contributed by atoms with Gasteiger partial charge in [-0.15, -0.1) is 0 Å². The number of hydrogen-bond acceptors (Lipinski definition) is 5. The van der Waals surface area contributed by atoms with Gasteiger partial charge in [0.25, 0.3) is 5.91 Å². The Labute approximate surface area is 169 Å². The van der Waals surface area contributed by atoms with Gasteiger partial charge in [-0.25, -0.2) is 4.98 Å². The lowest BCUT2D eigenvalue weighted by Gasteiger charge is -2.21. The van der Waals surface area contributed by atoms with Crippen LogP contribution in [0.5, 0.6) is 0 Å². The Kier molecular flexibility index (Phi) is 5.44. The van der Waals surface area contributed by atoms with Crippen molar-refractivity contribution in [3.8, 4) is 0 Å². The molecule has 1 fully saturated rings. The zero-order chi connectivity index (χ0) is 20.4. The zero-order valence-electron chi connectivity index (χ0n) is 17.0. The summed E-state index contributed by atoms with van der Waals surface area (Å²) in [6.45, 7) is 7.65. The first-order chi connectivity index (χ1) is 14.0. The molecule has 8 heteroatoms. The lowest BCUT2D eigenvalue weighted by atomic mass is 10.1. The summed E-state index contributed by atoms with van der Waals surface area (Å²) in [7, 11) is 0. The van der Waals surface area contributed by atoms with Crippen LogP contribution >= 0.6 is 0 Å². The third kappa shape index (κ3) is 4.22. The summed E-state index contributed by atoms with van der Waals surface area (Å²) in [4.78, 5) is 19.5. The molecule has 1 N–H and O–H groups in total. The van der Waals surface area contributed by atoms with E-state index in [0.29, 0.717) is 31.0 Å². The number of aromatic nitrogens is 5. The molecule has 3 heterocycles. The first kappa shape index (κ1) is 19.3. The van der Waals surface area contributed by atoms with E-state index in [1.807, 2.05) is 19.9 Å². The van der Waals surface area contributed by atoms with Gasteiger partial charge in [0.2, 0.25) is 0 Å². The number of aromatic amines is 1. The average molecular weight is 394 g/mol. The highest BCUT2D eigenvalue weighted by Crippen LogP contribution is 2.33. The molecule has 2 aromatic heterocycles. The number of amides is 1. The molecule has 0 aliphatic carbocycles. The Morgan fingerprint density at radius 2 is 2.21 bits per heavy atom. The number of hydrogen-bond donors (Lipinski definition) is 1. The lowest BCUT2D eigenvalue weighted by molar-refractivity contribution is 0.0437. The second-order valence-corrected chi connectivity index (χ2v) is 7.49. The average Bonchev–Trinajstić information content (AvgIpc) is 3.45. The van der Waals surface area contributed by atoms with Crippen molar-refractivity contribution in [2.45, 2.75) is 52.5 Å². The number of carbonyl (C=O) groups is 1. The number of benzene rings is 1. The van der Waals surface area contributed by atoms with Crippen LogP contribution < -0.4 is 0 Å². The second-order valence-electron chi connectivity index (χ2n) is 7.49. The van der Waals surface area contributed by atoms with Crippen LogP contribution in [0.2, 0.25) is 0 Å². The number of nitrogens with one attached hydrogen (secondary N) is 1. The molecule has 1 aliphatic rings. The summed E-state index contributed by atoms with van der Waals surface area (Å²) >= 11 is 0. The summed E-state index contributed by atoms with van der Waals surface area (Å²) in [5, 5.41) is 11.4. The fourth-order valence-corrected chi connectivity index (χ4v) is 3.73. The molecule has 0 saturated carbocycles. The van der Waals surface area contributed by atoms with Gasteiger partial charge in [0.15, 0.2) is 5.82 Å². The summed E-state index contributed by atoms with van der Waals surface area (Å²) in [5.74, 6) is 1.29. The number of likely N-dealkylation sites (tertiary alicyclic amines) is 1. The summed E-state index contributed by atoms with van der Waals surface area (Å²) in [6, 6.07) is 8.05. The van der Waals surface area contributed by atoms with E-state index in [2.05, 4.69) is 45.4 Å². The van der Waals surface area contributed by atoms with Gasteiger partial charge in [-0.3, -0.25) is 14.6 Å². The zero-order valence-corrected chi connectivity index (χ0v) is 17.0. The van der Waals surface area contributed by atoms with Crippen LogP contribution in [0.1, 0.15) is 52.5 Å². The van der Waals surface area contributed by atoms with Crippen molar-refractivity contribution in [2.24, 2.45) is 0 Å². The van der Waals surface area contributed by atoms with Crippen LogP contribution in [-0.4, -0.2) is 48.4 Å². The Hall–Kier alpha value is -3.00. The summed E-state index contributed by atoms with van der Waals surface area (Å²) in [6.07, 6.45) is 3.98. The maximum Gasteiger partial charge on any atom is 0.257 e. The van der Waals surface area contributed by atoms with Gasteiger partial charge in [0, 0.05) is 25.7 Å². The standard InChI is InChI=1S/C21H26N6O2/c1-4-26-11-17(10-22-26)21(28)27-12-18(9-19(27)20-23-15(3)24-25-20)29-13-16-7-5-6-14(2)8-16/h5-8,10-11,18-19H,4,9,12-13H2,1-3H3,(H,23,24,25)/t18-,19-/m0/s1. The molecule has 1 aliphatic heterocycles. The minimum atomic E-state index is -0.222. The van der Waals surface area contributed by atoms with Crippen molar-refractivity contribution in [2.75, 3.05) is 6.54 Å². The normalized spacial score (nSPS) is 19.1. The topological polar surface area (TPSA) is 88.9 Å². The monoisotopic (exact) mass is 394 g/mol. The fraction of sp³-hybridized carbons (Fsp3) is 0.429. The van der Waals surface area contributed by atoms with Crippen LogP contribution in [0, 0.1) is 13.8 Å². The molecular formula is C21H26N6O2. The van der Waals surface area contributed by atoms with E-state index < -0.39 is 0 Å². The Morgan fingerprint density at radius 1 is 1.34 bits per heavy atom. The van der Waals surface area contributed by atoms with Gasteiger partial charge in [-0.05, 0) is 26.3 Å². The van der Waals surface area contributed by atoms with Crippen molar-refractivity contribution >= 4 is 5.91 Å². The summed E-state index contributed by atoms with van der Waals surface area (Å²) < 4.78 is 7.92. The van der Waals surface area contributed by atoms with Gasteiger partial charge >= 0.3 is 0 Å². The lowest BCUT2D eigenvalue weighted by Crippen LogP contribution is -2.32. The van der Waals surface area contributed by atoms with E-state index in [1.165, 1.54) is 5.56 Å². The number of H-pyrrole nitrogens is 1. The number of rotatable bonds is 6. The molecular weight excluding hydrogens is 368 g/mol. The van der Waals surface area contributed by atoms with Gasteiger partial charge in [0.05, 0.1) is 30.5 Å². The van der Waals surface area contributed by atoms with Gasteiger partial charge in [0.1, 0.15) is 5.82 Å². The second kappa shape index (κ2) is 8.16. The van der Waals surface area contributed by atoms with Crippen LogP contribution in [0.25, 0.3) is 0 Å². The maximum atomic E-state index is 13.2. The first-order valence-electron chi connectivity index (χ1n) is 9.93. The summed E-state index contributed by atoms with van der Waals surface area (Å²) in [5.41, 5.74) is 2.91. The smallest absolute Gasteiger partial charge is 0.257 e. The van der Waals surface area contributed by atoms with Gasteiger partial charge < -0.3 is 9.64 Å². The van der Waals surface area contributed by atoms with Crippen LogP contribution in [0.4, 0.5) is 0 Å². The minimum Gasteiger partial charge on any atom is -0.372 e. The molecule has 29 heavy (non-hydrogen) atoms. The molecule has 0 bridgehead atoms. The third-order valence-electron chi connectivity index (χ3n) is 5.21. The Balaban J connectivity index is 1.52. The molecule has 1 aromatic carbocycles. The van der Waals surface area contributed by atoms with Crippen molar-refractivity contribution in [1.29, 1.82) is 0 Å². The van der Waals surface area contributed by atoms with Crippen molar-refractivity contribution < 1.29 is 9.53 Å².